The minimum atomic E-state index is -0.948. The number of carboxylic acids is 1. The maximum absolute atomic E-state index is 12.1. The van der Waals surface area contributed by atoms with Crippen molar-refractivity contribution < 1.29 is 19.8 Å². The maximum atomic E-state index is 12.1. The standard InChI is InChI=1S/C13H13NO4S/c1-14(2)13(18)9-4-8(15)5-10-12(9)7(6-19-10)3-11(16)17/h4-6,15H,3H2,1-2H3,(H,16,17). The molecule has 0 saturated heterocycles. The van der Waals surface area contributed by atoms with Gasteiger partial charge in [-0.3, -0.25) is 9.59 Å². The first kappa shape index (κ1) is 13.4. The Morgan fingerprint density at radius 2 is 2.00 bits per heavy atom. The Kier molecular flexibility index (Phi) is 3.44. The summed E-state index contributed by atoms with van der Waals surface area (Å²) in [5.41, 5.74) is 0.926. The molecule has 100 valence electrons. The van der Waals surface area contributed by atoms with Gasteiger partial charge in [0.25, 0.3) is 5.91 Å². The molecule has 0 aliphatic heterocycles. The molecule has 2 aromatic rings. The molecule has 2 N–H and O–H groups in total. The molecule has 0 atom stereocenters. The van der Waals surface area contributed by atoms with Crippen molar-refractivity contribution in [3.05, 3.63) is 28.6 Å². The second-order valence-corrected chi connectivity index (χ2v) is 5.31. The number of thiophene rings is 1. The number of amides is 1. The molecular formula is C13H13NO4S. The van der Waals surface area contributed by atoms with Gasteiger partial charge >= 0.3 is 5.97 Å². The highest BCUT2D eigenvalue weighted by Crippen LogP contribution is 2.33. The second kappa shape index (κ2) is 4.89. The molecule has 5 nitrogen and oxygen atoms in total. The number of aromatic hydroxyl groups is 1. The van der Waals surface area contributed by atoms with E-state index in [9.17, 15) is 14.7 Å². The fraction of sp³-hybridized carbons (Fsp3) is 0.231. The number of benzene rings is 1. The van der Waals surface area contributed by atoms with Crippen LogP contribution in [0, 0.1) is 0 Å². The van der Waals surface area contributed by atoms with E-state index in [-0.39, 0.29) is 18.1 Å². The van der Waals surface area contributed by atoms with Crippen molar-refractivity contribution in [2.75, 3.05) is 14.1 Å². The molecule has 19 heavy (non-hydrogen) atoms. The van der Waals surface area contributed by atoms with Gasteiger partial charge in [0.1, 0.15) is 5.75 Å². The number of hydrogen-bond donors (Lipinski definition) is 2. The number of phenols is 1. The monoisotopic (exact) mass is 279 g/mol. The third kappa shape index (κ3) is 2.53. The molecule has 2 rings (SSSR count). The number of carbonyl (C=O) groups excluding carboxylic acids is 1. The smallest absolute Gasteiger partial charge is 0.307 e. The quantitative estimate of drug-likeness (QED) is 0.900. The summed E-state index contributed by atoms with van der Waals surface area (Å²) in [6.45, 7) is 0. The Bertz CT molecular complexity index is 660. The van der Waals surface area contributed by atoms with Gasteiger partial charge in [-0.25, -0.2) is 0 Å². The highest BCUT2D eigenvalue weighted by atomic mass is 32.1. The van der Waals surface area contributed by atoms with E-state index in [1.165, 1.54) is 28.4 Å². The second-order valence-electron chi connectivity index (χ2n) is 4.40. The Labute approximate surface area is 113 Å². The highest BCUT2D eigenvalue weighted by Gasteiger charge is 2.18. The third-order valence-electron chi connectivity index (χ3n) is 2.71. The number of carbonyl (C=O) groups is 2. The predicted octanol–water partition coefficient (Wildman–Crippen LogP) is 1.94. The van der Waals surface area contributed by atoms with E-state index in [0.29, 0.717) is 21.2 Å². The molecule has 1 heterocycles. The lowest BCUT2D eigenvalue weighted by Crippen LogP contribution is -2.22. The van der Waals surface area contributed by atoms with Crippen LogP contribution in [0.15, 0.2) is 17.5 Å². The molecule has 0 aliphatic rings. The van der Waals surface area contributed by atoms with Crippen LogP contribution in [-0.4, -0.2) is 41.1 Å². The molecule has 1 amide bonds. The van der Waals surface area contributed by atoms with E-state index in [4.69, 9.17) is 5.11 Å². The van der Waals surface area contributed by atoms with Crippen LogP contribution < -0.4 is 0 Å². The highest BCUT2D eigenvalue weighted by molar-refractivity contribution is 7.17. The van der Waals surface area contributed by atoms with E-state index in [1.54, 1.807) is 19.5 Å². The first-order valence-electron chi connectivity index (χ1n) is 5.56. The van der Waals surface area contributed by atoms with Crippen LogP contribution in [0.1, 0.15) is 15.9 Å². The number of fused-ring (bicyclic) bond motifs is 1. The summed E-state index contributed by atoms with van der Waals surface area (Å²) in [7, 11) is 3.23. The van der Waals surface area contributed by atoms with Gasteiger partial charge in [0.2, 0.25) is 0 Å². The number of rotatable bonds is 3. The van der Waals surface area contributed by atoms with Crippen LogP contribution in [0.3, 0.4) is 0 Å². The number of carboxylic acid groups (broad SMARTS) is 1. The minimum absolute atomic E-state index is 0.00132. The van der Waals surface area contributed by atoms with Crippen LogP contribution in [0.4, 0.5) is 0 Å². The van der Waals surface area contributed by atoms with Gasteiger partial charge < -0.3 is 15.1 Å². The van der Waals surface area contributed by atoms with E-state index in [0.717, 1.165) is 0 Å². The molecule has 0 bridgehead atoms. The van der Waals surface area contributed by atoms with Crippen molar-refractivity contribution >= 4 is 33.3 Å². The van der Waals surface area contributed by atoms with Crippen LogP contribution in [0.25, 0.3) is 10.1 Å². The summed E-state index contributed by atoms with van der Waals surface area (Å²) in [6.07, 6.45) is -0.140. The molecule has 0 spiro atoms. The van der Waals surface area contributed by atoms with Crippen molar-refractivity contribution in [1.29, 1.82) is 0 Å². The molecule has 1 aromatic carbocycles. The summed E-state index contributed by atoms with van der Waals surface area (Å²) < 4.78 is 0.710. The predicted molar refractivity (Wildman–Crippen MR) is 72.8 cm³/mol. The van der Waals surface area contributed by atoms with Crippen LogP contribution in [-0.2, 0) is 11.2 Å². The number of nitrogens with zero attached hydrogens (tertiary/aromatic N) is 1. The van der Waals surface area contributed by atoms with Crippen LogP contribution in [0.2, 0.25) is 0 Å². The molecule has 0 saturated carbocycles. The lowest BCUT2D eigenvalue weighted by atomic mass is 10.0. The number of phenolic OH excluding ortho intramolecular Hbond substituents is 1. The zero-order valence-electron chi connectivity index (χ0n) is 10.5. The lowest BCUT2D eigenvalue weighted by molar-refractivity contribution is -0.136. The van der Waals surface area contributed by atoms with Crippen molar-refractivity contribution in [2.45, 2.75) is 6.42 Å². The molecular weight excluding hydrogens is 266 g/mol. The minimum Gasteiger partial charge on any atom is -0.508 e. The van der Waals surface area contributed by atoms with Crippen molar-refractivity contribution in [2.24, 2.45) is 0 Å². The summed E-state index contributed by atoms with van der Waals surface area (Å²) in [5, 5.41) is 20.9. The van der Waals surface area contributed by atoms with Gasteiger partial charge in [-0.2, -0.15) is 0 Å². The summed E-state index contributed by atoms with van der Waals surface area (Å²) >= 11 is 1.32. The fourth-order valence-corrected chi connectivity index (χ4v) is 2.94. The van der Waals surface area contributed by atoms with Gasteiger partial charge in [-0.05, 0) is 23.1 Å². The Morgan fingerprint density at radius 1 is 1.32 bits per heavy atom. The van der Waals surface area contributed by atoms with E-state index < -0.39 is 5.97 Å². The SMILES string of the molecule is CN(C)C(=O)c1cc(O)cc2scc(CC(=O)O)c12. The van der Waals surface area contributed by atoms with Gasteiger partial charge in [0.15, 0.2) is 0 Å². The largest absolute Gasteiger partial charge is 0.508 e. The first-order chi connectivity index (χ1) is 8.90. The Hall–Kier alpha value is -2.08. The van der Waals surface area contributed by atoms with Gasteiger partial charge in [0, 0.05) is 24.2 Å². The zero-order chi connectivity index (χ0) is 14.2. The van der Waals surface area contributed by atoms with Crippen LogP contribution >= 0.6 is 11.3 Å². The van der Waals surface area contributed by atoms with Gasteiger partial charge in [-0.15, -0.1) is 11.3 Å². The number of aliphatic carboxylic acids is 1. The molecule has 0 aliphatic carbocycles. The zero-order valence-corrected chi connectivity index (χ0v) is 11.3. The van der Waals surface area contributed by atoms with Gasteiger partial charge in [-0.1, -0.05) is 0 Å². The van der Waals surface area contributed by atoms with Crippen molar-refractivity contribution in [1.82, 2.24) is 4.90 Å². The normalized spacial score (nSPS) is 10.6. The van der Waals surface area contributed by atoms with E-state index >= 15 is 0 Å². The topological polar surface area (TPSA) is 77.8 Å². The van der Waals surface area contributed by atoms with Crippen LogP contribution in [0.5, 0.6) is 5.75 Å². The molecule has 0 unspecified atom stereocenters. The molecule has 1 aromatic heterocycles. The molecule has 0 fully saturated rings. The molecule has 6 heteroatoms. The van der Waals surface area contributed by atoms with Crippen molar-refractivity contribution in [3.63, 3.8) is 0 Å². The number of hydrogen-bond acceptors (Lipinski definition) is 4. The summed E-state index contributed by atoms with van der Waals surface area (Å²) in [5.74, 6) is -1.21. The van der Waals surface area contributed by atoms with E-state index in [2.05, 4.69) is 0 Å². The maximum Gasteiger partial charge on any atom is 0.307 e. The fourth-order valence-electron chi connectivity index (χ4n) is 1.92. The lowest BCUT2D eigenvalue weighted by Gasteiger charge is -2.12. The summed E-state index contributed by atoms with van der Waals surface area (Å²) in [6, 6.07) is 2.92. The first-order valence-corrected chi connectivity index (χ1v) is 6.44. The average Bonchev–Trinajstić information content (AvgIpc) is 2.69. The van der Waals surface area contributed by atoms with Crippen molar-refractivity contribution in [3.8, 4) is 5.75 Å². The van der Waals surface area contributed by atoms with Gasteiger partial charge in [0.05, 0.1) is 12.0 Å². The summed E-state index contributed by atoms with van der Waals surface area (Å²) in [4.78, 5) is 24.4. The Balaban J connectivity index is 2.69. The van der Waals surface area contributed by atoms with E-state index in [1.807, 2.05) is 0 Å². The third-order valence-corrected chi connectivity index (χ3v) is 3.69. The Morgan fingerprint density at radius 3 is 2.58 bits per heavy atom. The molecule has 0 radical (unpaired) electrons. The average molecular weight is 279 g/mol.